The number of aryl methyl sites for hydroxylation is 1. The van der Waals surface area contributed by atoms with Crippen LogP contribution in [0.3, 0.4) is 0 Å². The van der Waals surface area contributed by atoms with Crippen molar-refractivity contribution in [1.82, 2.24) is 15.3 Å². The zero-order valence-corrected chi connectivity index (χ0v) is 17.9. The van der Waals surface area contributed by atoms with E-state index in [0.717, 1.165) is 17.8 Å². The molecule has 1 aromatic carbocycles. The number of carbonyl (C=O) groups is 2. The predicted octanol–water partition coefficient (Wildman–Crippen LogP) is 3.13. The van der Waals surface area contributed by atoms with Crippen LogP contribution < -0.4 is 10.2 Å². The molecule has 8 nitrogen and oxygen atoms in total. The number of hydrogen-bond acceptors (Lipinski definition) is 5. The quantitative estimate of drug-likeness (QED) is 0.589. The monoisotopic (exact) mass is 434 g/mol. The lowest BCUT2D eigenvalue weighted by Crippen LogP contribution is -2.55. The van der Waals surface area contributed by atoms with Gasteiger partial charge in [0.25, 0.3) is 5.91 Å². The van der Waals surface area contributed by atoms with Crippen LogP contribution in [-0.2, 0) is 11.2 Å². The smallest absolute Gasteiger partial charge is 0.335 e. The fourth-order valence-electron chi connectivity index (χ4n) is 3.56. The van der Waals surface area contributed by atoms with Gasteiger partial charge in [-0.2, -0.15) is 0 Å². The first-order valence-electron chi connectivity index (χ1n) is 10.2. The van der Waals surface area contributed by atoms with Gasteiger partial charge < -0.3 is 25.0 Å². The minimum Gasteiger partial charge on any atom is -0.478 e. The summed E-state index contributed by atoms with van der Waals surface area (Å²) in [6.07, 6.45) is 1.95. The first kappa shape index (κ1) is 22.1. The van der Waals surface area contributed by atoms with Crippen molar-refractivity contribution in [1.29, 1.82) is 0 Å². The number of aromatic amines is 1. The molecule has 0 spiro atoms. The SMILES string of the molecule is CCCO[C@H]1CN(c2cccc(C(=O)O)c2)CCC1NC(=O)c1nc(Cl)c(CC)[nH]1. The number of aromatic nitrogens is 2. The van der Waals surface area contributed by atoms with Gasteiger partial charge in [-0.15, -0.1) is 0 Å². The summed E-state index contributed by atoms with van der Waals surface area (Å²) in [5.41, 5.74) is 1.80. The molecule has 30 heavy (non-hydrogen) atoms. The van der Waals surface area contributed by atoms with E-state index in [0.29, 0.717) is 37.7 Å². The molecule has 9 heteroatoms. The van der Waals surface area contributed by atoms with Crippen molar-refractivity contribution in [2.75, 3.05) is 24.6 Å². The van der Waals surface area contributed by atoms with Crippen LogP contribution in [0.1, 0.15) is 53.4 Å². The minimum atomic E-state index is -0.957. The van der Waals surface area contributed by atoms with Crippen LogP contribution in [0, 0.1) is 0 Å². The molecule has 3 N–H and O–H groups in total. The Hall–Kier alpha value is -2.58. The van der Waals surface area contributed by atoms with E-state index >= 15 is 0 Å². The van der Waals surface area contributed by atoms with Crippen LogP contribution in [-0.4, -0.2) is 58.8 Å². The zero-order valence-electron chi connectivity index (χ0n) is 17.2. The molecule has 1 unspecified atom stereocenters. The maximum Gasteiger partial charge on any atom is 0.335 e. The lowest BCUT2D eigenvalue weighted by atomic mass is 10.00. The van der Waals surface area contributed by atoms with E-state index in [1.807, 2.05) is 19.9 Å². The summed E-state index contributed by atoms with van der Waals surface area (Å²) in [5, 5.41) is 12.6. The second-order valence-corrected chi connectivity index (χ2v) is 7.65. The summed E-state index contributed by atoms with van der Waals surface area (Å²) in [6, 6.07) is 6.68. The third-order valence-corrected chi connectivity index (χ3v) is 5.48. The van der Waals surface area contributed by atoms with Gasteiger partial charge in [0, 0.05) is 25.4 Å². The maximum absolute atomic E-state index is 12.7. The molecule has 1 fully saturated rings. The largest absolute Gasteiger partial charge is 0.478 e. The number of imidazole rings is 1. The van der Waals surface area contributed by atoms with Gasteiger partial charge in [-0.1, -0.05) is 31.5 Å². The van der Waals surface area contributed by atoms with E-state index in [1.54, 1.807) is 18.2 Å². The van der Waals surface area contributed by atoms with Gasteiger partial charge in [0.05, 0.1) is 23.4 Å². The minimum absolute atomic E-state index is 0.183. The Bertz CT molecular complexity index is 901. The van der Waals surface area contributed by atoms with Crippen LogP contribution in [0.2, 0.25) is 5.15 Å². The molecule has 3 rings (SSSR count). The van der Waals surface area contributed by atoms with Crippen LogP contribution in [0.25, 0.3) is 0 Å². The van der Waals surface area contributed by atoms with Gasteiger partial charge in [-0.3, -0.25) is 4.79 Å². The van der Waals surface area contributed by atoms with E-state index in [1.165, 1.54) is 0 Å². The number of carbonyl (C=O) groups excluding carboxylic acids is 1. The average molecular weight is 435 g/mol. The van der Waals surface area contributed by atoms with Crippen molar-refractivity contribution in [3.63, 3.8) is 0 Å². The Morgan fingerprint density at radius 2 is 2.20 bits per heavy atom. The van der Waals surface area contributed by atoms with Gasteiger partial charge >= 0.3 is 5.97 Å². The number of benzene rings is 1. The number of halogens is 1. The van der Waals surface area contributed by atoms with Gasteiger partial charge in [-0.05, 0) is 37.5 Å². The number of amides is 1. The summed E-state index contributed by atoms with van der Waals surface area (Å²) in [6.45, 7) is 5.76. The number of rotatable bonds is 8. The number of ether oxygens (including phenoxy) is 1. The van der Waals surface area contributed by atoms with Crippen LogP contribution in [0.4, 0.5) is 5.69 Å². The molecule has 2 heterocycles. The molecule has 0 aliphatic carbocycles. The Labute approximate surface area is 180 Å². The standard InChI is InChI=1S/C21H27ClN4O4/c1-3-10-30-17-12-26(14-7-5-6-13(11-14)21(28)29)9-8-16(17)24-20(27)19-23-15(4-2)18(22)25-19/h5-7,11,16-17H,3-4,8-10,12H2,1-2H3,(H,23,25)(H,24,27)(H,28,29)/t16?,17-/m0/s1. The number of nitrogens with zero attached hydrogens (tertiary/aromatic N) is 2. The average Bonchev–Trinajstić information content (AvgIpc) is 3.14. The fourth-order valence-corrected chi connectivity index (χ4v) is 3.82. The molecule has 2 aromatic rings. The van der Waals surface area contributed by atoms with Crippen molar-refractivity contribution in [3.05, 3.63) is 46.5 Å². The molecular weight excluding hydrogens is 408 g/mol. The third kappa shape index (κ3) is 5.12. The Morgan fingerprint density at radius 3 is 2.87 bits per heavy atom. The highest BCUT2D eigenvalue weighted by Crippen LogP contribution is 2.23. The maximum atomic E-state index is 12.7. The lowest BCUT2D eigenvalue weighted by molar-refractivity contribution is 0.0204. The highest BCUT2D eigenvalue weighted by Gasteiger charge is 2.32. The number of carboxylic acids is 1. The number of aromatic carboxylic acids is 1. The summed E-state index contributed by atoms with van der Waals surface area (Å²) in [7, 11) is 0. The van der Waals surface area contributed by atoms with E-state index in [-0.39, 0.29) is 29.4 Å². The predicted molar refractivity (Wildman–Crippen MR) is 114 cm³/mol. The summed E-state index contributed by atoms with van der Waals surface area (Å²) in [4.78, 5) is 33.1. The highest BCUT2D eigenvalue weighted by atomic mass is 35.5. The van der Waals surface area contributed by atoms with Crippen molar-refractivity contribution in [2.24, 2.45) is 0 Å². The molecule has 2 atom stereocenters. The molecule has 0 radical (unpaired) electrons. The Kier molecular flexibility index (Phi) is 7.33. The van der Waals surface area contributed by atoms with Gasteiger partial charge in [0.2, 0.25) is 0 Å². The highest BCUT2D eigenvalue weighted by molar-refractivity contribution is 6.30. The number of nitrogens with one attached hydrogen (secondary N) is 2. The normalized spacial score (nSPS) is 19.0. The van der Waals surface area contributed by atoms with E-state index in [4.69, 9.17) is 16.3 Å². The molecular formula is C21H27ClN4O4. The Balaban J connectivity index is 1.72. The third-order valence-electron chi connectivity index (χ3n) is 5.17. The molecule has 162 valence electrons. The second-order valence-electron chi connectivity index (χ2n) is 7.29. The topological polar surface area (TPSA) is 108 Å². The molecule has 1 aliphatic rings. The van der Waals surface area contributed by atoms with Gasteiger partial charge in [0.15, 0.2) is 11.0 Å². The number of piperidine rings is 1. The number of anilines is 1. The number of H-pyrrole nitrogens is 1. The fraction of sp³-hybridized carbons (Fsp3) is 0.476. The molecule has 0 saturated carbocycles. The lowest BCUT2D eigenvalue weighted by Gasteiger charge is -2.39. The van der Waals surface area contributed by atoms with Crippen molar-refractivity contribution in [2.45, 2.75) is 45.3 Å². The van der Waals surface area contributed by atoms with Crippen LogP contribution >= 0.6 is 11.6 Å². The van der Waals surface area contributed by atoms with Crippen molar-refractivity contribution < 1.29 is 19.4 Å². The zero-order chi connectivity index (χ0) is 21.7. The molecule has 1 aliphatic heterocycles. The Morgan fingerprint density at radius 1 is 1.40 bits per heavy atom. The first-order chi connectivity index (χ1) is 14.4. The van der Waals surface area contributed by atoms with Crippen LogP contribution in [0.5, 0.6) is 0 Å². The van der Waals surface area contributed by atoms with E-state index < -0.39 is 5.97 Å². The molecule has 1 amide bonds. The van der Waals surface area contributed by atoms with Gasteiger partial charge in [-0.25, -0.2) is 9.78 Å². The van der Waals surface area contributed by atoms with E-state index in [2.05, 4.69) is 20.2 Å². The van der Waals surface area contributed by atoms with Crippen molar-refractivity contribution >= 4 is 29.2 Å². The summed E-state index contributed by atoms with van der Waals surface area (Å²) >= 11 is 6.06. The van der Waals surface area contributed by atoms with Crippen molar-refractivity contribution in [3.8, 4) is 0 Å². The second kappa shape index (κ2) is 9.95. The number of hydrogen-bond donors (Lipinski definition) is 3. The first-order valence-corrected chi connectivity index (χ1v) is 10.6. The van der Waals surface area contributed by atoms with E-state index in [9.17, 15) is 14.7 Å². The van der Waals surface area contributed by atoms with Crippen LogP contribution in [0.15, 0.2) is 24.3 Å². The number of carboxylic acid groups (broad SMARTS) is 1. The molecule has 1 aromatic heterocycles. The molecule has 1 saturated heterocycles. The summed E-state index contributed by atoms with van der Waals surface area (Å²) in [5.74, 6) is -1.07. The van der Waals surface area contributed by atoms with Gasteiger partial charge in [0.1, 0.15) is 0 Å². The summed E-state index contributed by atoms with van der Waals surface area (Å²) < 4.78 is 6.03. The molecule has 0 bridgehead atoms.